The Morgan fingerprint density at radius 3 is 2.46 bits per heavy atom. The van der Waals surface area contributed by atoms with Gasteiger partial charge in [-0.05, 0) is 0 Å². The molecule has 0 saturated carbocycles. The quantitative estimate of drug-likeness (QED) is 0.203. The maximum absolute atomic E-state index is 11.2. The fraction of sp³-hybridized carbons (Fsp3) is 0.571. The van der Waals surface area contributed by atoms with Gasteiger partial charge in [-0.25, -0.2) is 4.79 Å². The molecule has 1 atom stereocenters. The second kappa shape index (κ2) is 3.02. The standard InChI is InChI=1S/C7H9NO4S/c1-8-5(10)4(9)7(8,3-13)6(11)12-2/h13H,3H2,1-2H3/t7-/m1/s1. The van der Waals surface area contributed by atoms with Crippen molar-refractivity contribution in [3.8, 4) is 0 Å². The van der Waals surface area contributed by atoms with Crippen LogP contribution in [0.1, 0.15) is 0 Å². The van der Waals surface area contributed by atoms with Gasteiger partial charge in [-0.1, -0.05) is 0 Å². The lowest BCUT2D eigenvalue weighted by molar-refractivity contribution is -0.178. The molecule has 0 radical (unpaired) electrons. The third-order valence-corrected chi connectivity index (χ3v) is 2.66. The minimum absolute atomic E-state index is 0.0548. The maximum Gasteiger partial charge on any atom is 0.341 e. The summed E-state index contributed by atoms with van der Waals surface area (Å²) in [5.74, 6) is -2.23. The fourth-order valence-corrected chi connectivity index (χ4v) is 1.73. The maximum atomic E-state index is 11.2. The van der Waals surface area contributed by atoms with Crippen LogP contribution in [0.25, 0.3) is 0 Å². The zero-order chi connectivity index (χ0) is 10.2. The molecule has 0 aromatic rings. The van der Waals surface area contributed by atoms with Crippen molar-refractivity contribution in [2.45, 2.75) is 5.54 Å². The van der Waals surface area contributed by atoms with Crippen molar-refractivity contribution in [2.24, 2.45) is 0 Å². The molecular formula is C7H9NO4S. The molecule has 0 aromatic carbocycles. The van der Waals surface area contributed by atoms with Gasteiger partial charge in [0.25, 0.3) is 11.7 Å². The van der Waals surface area contributed by atoms with Crippen LogP contribution in [0.2, 0.25) is 0 Å². The van der Waals surface area contributed by atoms with Crippen molar-refractivity contribution < 1.29 is 19.1 Å². The first-order valence-corrected chi connectivity index (χ1v) is 4.17. The average molecular weight is 203 g/mol. The monoisotopic (exact) mass is 203 g/mol. The molecule has 1 fully saturated rings. The van der Waals surface area contributed by atoms with E-state index >= 15 is 0 Å². The molecule has 72 valence electrons. The largest absolute Gasteiger partial charge is 0.467 e. The number of methoxy groups -OCH3 is 1. The summed E-state index contributed by atoms with van der Waals surface area (Å²) >= 11 is 3.87. The third-order valence-electron chi connectivity index (χ3n) is 2.20. The van der Waals surface area contributed by atoms with Gasteiger partial charge < -0.3 is 9.64 Å². The first-order chi connectivity index (χ1) is 6.02. The van der Waals surface area contributed by atoms with Crippen molar-refractivity contribution >= 4 is 30.3 Å². The number of Topliss-reactive ketones (excluding diaryl/α,β-unsaturated/α-hetero) is 1. The van der Waals surface area contributed by atoms with Gasteiger partial charge in [0.05, 0.1) is 7.11 Å². The van der Waals surface area contributed by atoms with E-state index in [2.05, 4.69) is 17.4 Å². The van der Waals surface area contributed by atoms with E-state index in [1.165, 1.54) is 7.05 Å². The lowest BCUT2D eigenvalue weighted by atomic mass is 9.85. The van der Waals surface area contributed by atoms with E-state index in [9.17, 15) is 14.4 Å². The predicted octanol–water partition coefficient (Wildman–Crippen LogP) is -1.13. The zero-order valence-corrected chi connectivity index (χ0v) is 8.13. The van der Waals surface area contributed by atoms with Crippen molar-refractivity contribution in [2.75, 3.05) is 19.9 Å². The van der Waals surface area contributed by atoms with Crippen LogP contribution in [-0.2, 0) is 19.1 Å². The van der Waals surface area contributed by atoms with Crippen LogP contribution in [0.5, 0.6) is 0 Å². The molecule has 1 aliphatic rings. The minimum atomic E-state index is -1.49. The number of esters is 1. The summed E-state index contributed by atoms with van der Waals surface area (Å²) in [5, 5.41) is 0. The Kier molecular flexibility index (Phi) is 2.34. The van der Waals surface area contributed by atoms with Gasteiger partial charge in [-0.3, -0.25) is 9.59 Å². The van der Waals surface area contributed by atoms with Crippen LogP contribution in [0.15, 0.2) is 0 Å². The lowest BCUT2D eigenvalue weighted by Crippen LogP contribution is -2.75. The number of hydrogen-bond acceptors (Lipinski definition) is 5. The molecule has 1 rings (SSSR count). The van der Waals surface area contributed by atoms with Gasteiger partial charge in [-0.15, -0.1) is 0 Å². The Morgan fingerprint density at radius 1 is 1.62 bits per heavy atom. The smallest absolute Gasteiger partial charge is 0.341 e. The average Bonchev–Trinajstić information content (AvgIpc) is 2.18. The predicted molar refractivity (Wildman–Crippen MR) is 46.4 cm³/mol. The number of nitrogens with zero attached hydrogens (tertiary/aromatic N) is 1. The molecule has 0 bridgehead atoms. The fourth-order valence-electron chi connectivity index (χ4n) is 1.24. The van der Waals surface area contributed by atoms with Crippen molar-refractivity contribution in [1.29, 1.82) is 0 Å². The van der Waals surface area contributed by atoms with E-state index < -0.39 is 23.2 Å². The second-order valence-electron chi connectivity index (χ2n) is 2.70. The summed E-state index contributed by atoms with van der Waals surface area (Å²) in [6.07, 6.45) is 0. The van der Waals surface area contributed by atoms with E-state index in [4.69, 9.17) is 0 Å². The number of ketones is 1. The van der Waals surface area contributed by atoms with Crippen LogP contribution in [0.3, 0.4) is 0 Å². The molecule has 1 saturated heterocycles. The highest BCUT2D eigenvalue weighted by Gasteiger charge is 2.63. The van der Waals surface area contributed by atoms with E-state index in [0.29, 0.717) is 0 Å². The number of likely N-dealkylation sites (N-methyl/N-ethyl adjacent to an activating group) is 1. The number of carbonyl (C=O) groups is 3. The SMILES string of the molecule is COC(=O)[C@@]1(CS)C(=O)C(=O)N1C. The molecule has 1 heterocycles. The number of β-lactam (4-membered cyclic amide) rings is 1. The molecule has 6 heteroatoms. The van der Waals surface area contributed by atoms with E-state index in [-0.39, 0.29) is 5.75 Å². The number of ether oxygens (including phenoxy) is 1. The first-order valence-electron chi connectivity index (χ1n) is 3.54. The molecule has 1 aliphatic heterocycles. The highest BCUT2D eigenvalue weighted by molar-refractivity contribution is 7.80. The van der Waals surface area contributed by atoms with E-state index in [1.54, 1.807) is 0 Å². The number of amides is 1. The zero-order valence-electron chi connectivity index (χ0n) is 7.23. The summed E-state index contributed by atoms with van der Waals surface area (Å²) in [7, 11) is 2.54. The Hall–Kier alpha value is -1.04. The lowest BCUT2D eigenvalue weighted by Gasteiger charge is -2.44. The van der Waals surface area contributed by atoms with Crippen molar-refractivity contribution in [3.05, 3.63) is 0 Å². The third kappa shape index (κ3) is 0.980. The Balaban J connectivity index is 3.03. The second-order valence-corrected chi connectivity index (χ2v) is 3.02. The Labute approximate surface area is 80.4 Å². The highest BCUT2D eigenvalue weighted by Crippen LogP contribution is 2.29. The van der Waals surface area contributed by atoms with Gasteiger partial charge in [0.15, 0.2) is 0 Å². The first kappa shape index (κ1) is 10.0. The van der Waals surface area contributed by atoms with Crippen LogP contribution >= 0.6 is 12.6 Å². The summed E-state index contributed by atoms with van der Waals surface area (Å²) in [6, 6.07) is 0. The molecule has 5 nitrogen and oxygen atoms in total. The van der Waals surface area contributed by atoms with Crippen LogP contribution < -0.4 is 0 Å². The van der Waals surface area contributed by atoms with E-state index in [0.717, 1.165) is 12.0 Å². The summed E-state index contributed by atoms with van der Waals surface area (Å²) in [5.41, 5.74) is -1.49. The number of likely N-dealkylation sites (tertiary alicyclic amines) is 1. The molecule has 0 N–H and O–H groups in total. The molecule has 0 aromatic heterocycles. The summed E-state index contributed by atoms with van der Waals surface area (Å²) < 4.78 is 4.44. The van der Waals surface area contributed by atoms with Gasteiger partial charge in [-0.2, -0.15) is 12.6 Å². The van der Waals surface area contributed by atoms with E-state index in [1.807, 2.05) is 0 Å². The summed E-state index contributed by atoms with van der Waals surface area (Å²) in [6.45, 7) is 0. The molecule has 1 amide bonds. The number of hydrogen-bond donors (Lipinski definition) is 1. The minimum Gasteiger partial charge on any atom is -0.467 e. The van der Waals surface area contributed by atoms with Crippen molar-refractivity contribution in [1.82, 2.24) is 4.90 Å². The highest BCUT2D eigenvalue weighted by atomic mass is 32.1. The summed E-state index contributed by atoms with van der Waals surface area (Å²) in [4.78, 5) is 34.4. The van der Waals surface area contributed by atoms with Crippen molar-refractivity contribution in [3.63, 3.8) is 0 Å². The van der Waals surface area contributed by atoms with Gasteiger partial charge in [0, 0.05) is 12.8 Å². The Bertz CT molecular complexity index is 290. The number of rotatable bonds is 2. The topological polar surface area (TPSA) is 63.7 Å². The number of carbonyl (C=O) groups excluding carboxylic acids is 3. The van der Waals surface area contributed by atoms with Gasteiger partial charge in [0.1, 0.15) is 0 Å². The van der Waals surface area contributed by atoms with Gasteiger partial charge >= 0.3 is 5.97 Å². The van der Waals surface area contributed by atoms with Crippen LogP contribution in [-0.4, -0.2) is 48.0 Å². The number of thiol groups is 1. The normalized spacial score (nSPS) is 27.2. The molecular weight excluding hydrogens is 194 g/mol. The van der Waals surface area contributed by atoms with Crippen LogP contribution in [0, 0.1) is 0 Å². The molecule has 0 spiro atoms. The Morgan fingerprint density at radius 2 is 2.15 bits per heavy atom. The molecule has 0 aliphatic carbocycles. The van der Waals surface area contributed by atoms with Gasteiger partial charge in [0.2, 0.25) is 5.54 Å². The molecule has 0 unspecified atom stereocenters. The van der Waals surface area contributed by atoms with Crippen LogP contribution in [0.4, 0.5) is 0 Å². The molecule has 13 heavy (non-hydrogen) atoms.